The highest BCUT2D eigenvalue weighted by Crippen LogP contribution is 2.15. The molecule has 1 aromatic rings. The molecule has 0 fully saturated rings. The van der Waals surface area contributed by atoms with Crippen molar-refractivity contribution in [1.29, 1.82) is 0 Å². The monoisotopic (exact) mass is 240 g/mol. The predicted octanol–water partition coefficient (Wildman–Crippen LogP) is 1.40. The van der Waals surface area contributed by atoms with Crippen LogP contribution in [0.4, 0.5) is 0 Å². The summed E-state index contributed by atoms with van der Waals surface area (Å²) in [6.45, 7) is 11.3. The molecule has 0 saturated heterocycles. The number of aromatic nitrogens is 2. The lowest BCUT2D eigenvalue weighted by atomic mass is 10.1. The highest BCUT2D eigenvalue weighted by molar-refractivity contribution is 4.96. The Balaban J connectivity index is 2.51. The molecule has 5 heteroatoms. The van der Waals surface area contributed by atoms with Gasteiger partial charge in [0, 0.05) is 19.0 Å². The third-order valence-corrected chi connectivity index (χ3v) is 3.21. The minimum atomic E-state index is 0.0334. The van der Waals surface area contributed by atoms with E-state index in [1.165, 1.54) is 0 Å². The van der Waals surface area contributed by atoms with Crippen molar-refractivity contribution in [1.82, 2.24) is 15.0 Å². The van der Waals surface area contributed by atoms with E-state index in [-0.39, 0.29) is 12.0 Å². The Morgan fingerprint density at radius 3 is 2.47 bits per heavy atom. The molecule has 1 aromatic heterocycles. The van der Waals surface area contributed by atoms with Crippen molar-refractivity contribution in [3.8, 4) is 0 Å². The van der Waals surface area contributed by atoms with Gasteiger partial charge >= 0.3 is 0 Å². The number of hydrogen-bond acceptors (Lipinski definition) is 5. The summed E-state index contributed by atoms with van der Waals surface area (Å²) in [5.74, 6) is 1.54. The van der Waals surface area contributed by atoms with Crippen molar-refractivity contribution < 1.29 is 4.52 Å². The van der Waals surface area contributed by atoms with Crippen LogP contribution in [0.25, 0.3) is 0 Å². The summed E-state index contributed by atoms with van der Waals surface area (Å²) in [4.78, 5) is 6.73. The molecule has 0 bridgehead atoms. The zero-order valence-electron chi connectivity index (χ0n) is 11.3. The van der Waals surface area contributed by atoms with E-state index >= 15 is 0 Å². The minimum absolute atomic E-state index is 0.0334. The molecular weight excluding hydrogens is 216 g/mol. The molecule has 0 spiro atoms. The van der Waals surface area contributed by atoms with Gasteiger partial charge in [-0.25, -0.2) is 0 Å². The van der Waals surface area contributed by atoms with Crippen molar-refractivity contribution in [2.45, 2.75) is 46.1 Å². The first-order chi connectivity index (χ1) is 8.08. The highest BCUT2D eigenvalue weighted by atomic mass is 16.5. The molecule has 0 aliphatic carbocycles. The zero-order chi connectivity index (χ0) is 12.8. The number of hydrogen-bond donors (Lipinski definition) is 1. The van der Waals surface area contributed by atoms with E-state index in [4.69, 9.17) is 10.3 Å². The van der Waals surface area contributed by atoms with Gasteiger partial charge in [0.2, 0.25) is 5.89 Å². The van der Waals surface area contributed by atoms with E-state index < -0.39 is 0 Å². The van der Waals surface area contributed by atoms with Crippen LogP contribution in [-0.2, 0) is 6.42 Å². The van der Waals surface area contributed by atoms with E-state index in [1.807, 2.05) is 13.8 Å². The fourth-order valence-electron chi connectivity index (χ4n) is 1.58. The van der Waals surface area contributed by atoms with Crippen LogP contribution in [0, 0.1) is 0 Å². The summed E-state index contributed by atoms with van der Waals surface area (Å²) in [6, 6.07) is 0.0334. The second kappa shape index (κ2) is 6.71. The van der Waals surface area contributed by atoms with Crippen molar-refractivity contribution in [2.24, 2.45) is 5.73 Å². The lowest BCUT2D eigenvalue weighted by Gasteiger charge is -2.16. The van der Waals surface area contributed by atoms with Crippen LogP contribution in [0.1, 0.15) is 45.3 Å². The second-order valence-electron chi connectivity index (χ2n) is 4.47. The van der Waals surface area contributed by atoms with Gasteiger partial charge in [-0.05, 0) is 20.0 Å². The molecule has 2 N–H and O–H groups in total. The van der Waals surface area contributed by atoms with Gasteiger partial charge in [0.1, 0.15) is 0 Å². The quantitative estimate of drug-likeness (QED) is 0.780. The Morgan fingerprint density at radius 1 is 1.29 bits per heavy atom. The Morgan fingerprint density at radius 2 is 1.94 bits per heavy atom. The fraction of sp³-hybridized carbons (Fsp3) is 0.833. The minimum Gasteiger partial charge on any atom is -0.339 e. The Kier molecular flexibility index (Phi) is 5.58. The average molecular weight is 240 g/mol. The number of rotatable bonds is 7. The summed E-state index contributed by atoms with van der Waals surface area (Å²) in [7, 11) is 0. The van der Waals surface area contributed by atoms with Gasteiger partial charge in [0.25, 0.3) is 0 Å². The predicted molar refractivity (Wildman–Crippen MR) is 67.9 cm³/mol. The molecule has 0 aliphatic heterocycles. The van der Waals surface area contributed by atoms with Crippen LogP contribution in [0.3, 0.4) is 0 Å². The van der Waals surface area contributed by atoms with E-state index in [2.05, 4.69) is 28.9 Å². The van der Waals surface area contributed by atoms with Crippen LogP contribution < -0.4 is 5.73 Å². The van der Waals surface area contributed by atoms with E-state index in [0.717, 1.165) is 31.9 Å². The first-order valence-corrected chi connectivity index (χ1v) is 6.38. The third kappa shape index (κ3) is 4.09. The Hall–Kier alpha value is -0.940. The molecule has 0 amide bonds. The van der Waals surface area contributed by atoms with Crippen LogP contribution in [0.5, 0.6) is 0 Å². The van der Waals surface area contributed by atoms with Gasteiger partial charge in [-0.2, -0.15) is 4.98 Å². The summed E-state index contributed by atoms with van der Waals surface area (Å²) >= 11 is 0. The van der Waals surface area contributed by atoms with Crippen molar-refractivity contribution in [3.63, 3.8) is 0 Å². The number of nitrogens with zero attached hydrogens (tertiary/aromatic N) is 3. The number of nitrogens with two attached hydrogens (primary N) is 1. The number of likely N-dealkylation sites (N-methyl/N-ethyl adjacent to an activating group) is 1. The van der Waals surface area contributed by atoms with E-state index in [1.54, 1.807) is 0 Å². The summed E-state index contributed by atoms with van der Waals surface area (Å²) in [5.41, 5.74) is 5.81. The van der Waals surface area contributed by atoms with Gasteiger partial charge in [0.05, 0.1) is 5.92 Å². The molecule has 0 saturated carbocycles. The normalized spacial score (nSPS) is 15.2. The summed E-state index contributed by atoms with van der Waals surface area (Å²) in [5, 5.41) is 3.99. The van der Waals surface area contributed by atoms with Crippen LogP contribution in [-0.4, -0.2) is 40.7 Å². The molecule has 98 valence electrons. The molecule has 5 nitrogen and oxygen atoms in total. The van der Waals surface area contributed by atoms with Gasteiger partial charge in [-0.3, -0.25) is 0 Å². The topological polar surface area (TPSA) is 68.2 Å². The molecule has 0 aliphatic rings. The maximum atomic E-state index is 5.81. The van der Waals surface area contributed by atoms with Crippen molar-refractivity contribution >= 4 is 0 Å². The summed E-state index contributed by atoms with van der Waals surface area (Å²) < 4.78 is 5.23. The lowest BCUT2D eigenvalue weighted by molar-refractivity contribution is 0.301. The summed E-state index contributed by atoms with van der Waals surface area (Å²) in [6.07, 6.45) is 0.830. The smallest absolute Gasteiger partial charge is 0.231 e. The first kappa shape index (κ1) is 14.1. The van der Waals surface area contributed by atoms with Gasteiger partial charge < -0.3 is 15.2 Å². The molecule has 2 atom stereocenters. The molecule has 17 heavy (non-hydrogen) atoms. The van der Waals surface area contributed by atoms with Crippen LogP contribution in [0.15, 0.2) is 4.52 Å². The molecule has 1 heterocycles. The van der Waals surface area contributed by atoms with Crippen molar-refractivity contribution in [3.05, 3.63) is 11.7 Å². The SMILES string of the molecule is CCN(CC)CCc1noc(C(C)C(C)N)n1. The molecular formula is C12H24N4O. The zero-order valence-corrected chi connectivity index (χ0v) is 11.3. The Bertz CT molecular complexity index is 320. The van der Waals surface area contributed by atoms with Crippen LogP contribution >= 0.6 is 0 Å². The van der Waals surface area contributed by atoms with E-state index in [0.29, 0.717) is 5.89 Å². The molecule has 0 radical (unpaired) electrons. The van der Waals surface area contributed by atoms with E-state index in [9.17, 15) is 0 Å². The standard InChI is InChI=1S/C12H24N4O/c1-5-16(6-2)8-7-11-14-12(17-15-11)9(3)10(4)13/h9-10H,5-8,13H2,1-4H3. The van der Waals surface area contributed by atoms with Gasteiger partial charge in [-0.1, -0.05) is 25.9 Å². The average Bonchev–Trinajstić information content (AvgIpc) is 2.78. The Labute approximate surface area is 103 Å². The maximum absolute atomic E-state index is 5.81. The lowest BCUT2D eigenvalue weighted by Crippen LogP contribution is -2.25. The fourth-order valence-corrected chi connectivity index (χ4v) is 1.58. The third-order valence-electron chi connectivity index (χ3n) is 3.21. The van der Waals surface area contributed by atoms with Gasteiger partial charge in [-0.15, -0.1) is 0 Å². The molecule has 1 rings (SSSR count). The largest absolute Gasteiger partial charge is 0.339 e. The highest BCUT2D eigenvalue weighted by Gasteiger charge is 2.17. The second-order valence-corrected chi connectivity index (χ2v) is 4.47. The first-order valence-electron chi connectivity index (χ1n) is 6.38. The molecule has 0 aromatic carbocycles. The van der Waals surface area contributed by atoms with Gasteiger partial charge in [0.15, 0.2) is 5.82 Å². The van der Waals surface area contributed by atoms with Crippen LogP contribution in [0.2, 0.25) is 0 Å². The molecule has 2 unspecified atom stereocenters. The van der Waals surface area contributed by atoms with Crippen molar-refractivity contribution in [2.75, 3.05) is 19.6 Å². The maximum Gasteiger partial charge on any atom is 0.231 e.